The summed E-state index contributed by atoms with van der Waals surface area (Å²) in [4.78, 5) is 18.6. The van der Waals surface area contributed by atoms with Gasteiger partial charge in [-0.1, -0.05) is 12.1 Å². The number of aryl methyl sites for hydroxylation is 1. The number of hydrogen-bond donors (Lipinski definition) is 0. The van der Waals surface area contributed by atoms with Gasteiger partial charge in [-0.2, -0.15) is 0 Å². The van der Waals surface area contributed by atoms with Crippen molar-refractivity contribution in [2.45, 2.75) is 27.3 Å². The van der Waals surface area contributed by atoms with E-state index in [2.05, 4.69) is 24.0 Å². The van der Waals surface area contributed by atoms with Crippen LogP contribution in [0.2, 0.25) is 0 Å². The molecule has 1 fully saturated rings. The van der Waals surface area contributed by atoms with E-state index in [9.17, 15) is 4.79 Å². The van der Waals surface area contributed by atoms with Crippen LogP contribution >= 0.6 is 0 Å². The van der Waals surface area contributed by atoms with Gasteiger partial charge in [-0.25, -0.2) is 4.79 Å². The number of benzene rings is 1. The standard InChI is InChI=1S/C18H29N3O2/c1-5-20(6-2)18(22)21-11-9-19(10-12-21)14-16-7-8-17(23-4)15(3)13-16/h7-8,13H,5-6,9-12,14H2,1-4H3. The molecule has 1 aliphatic rings. The second-order valence-corrected chi connectivity index (χ2v) is 6.02. The first-order chi connectivity index (χ1) is 11.1. The molecule has 1 heterocycles. The summed E-state index contributed by atoms with van der Waals surface area (Å²) in [5.41, 5.74) is 2.46. The molecule has 0 spiro atoms. The van der Waals surface area contributed by atoms with Crippen molar-refractivity contribution in [2.75, 3.05) is 46.4 Å². The molecule has 2 rings (SSSR count). The number of nitrogens with zero attached hydrogens (tertiary/aromatic N) is 3. The molecule has 1 aromatic rings. The predicted octanol–water partition coefficient (Wildman–Crippen LogP) is 2.58. The molecule has 5 heteroatoms. The molecule has 2 amide bonds. The Balaban J connectivity index is 1.87. The fraction of sp³-hybridized carbons (Fsp3) is 0.611. The number of piperazine rings is 1. The molecular formula is C18H29N3O2. The number of ether oxygens (including phenoxy) is 1. The van der Waals surface area contributed by atoms with E-state index in [0.717, 1.165) is 51.6 Å². The largest absolute Gasteiger partial charge is 0.496 e. The van der Waals surface area contributed by atoms with Crippen LogP contribution in [0.5, 0.6) is 5.75 Å². The first kappa shape index (κ1) is 17.6. The molecule has 0 saturated carbocycles. The van der Waals surface area contributed by atoms with Crippen LogP contribution in [0.3, 0.4) is 0 Å². The van der Waals surface area contributed by atoms with E-state index in [0.29, 0.717) is 0 Å². The Morgan fingerprint density at radius 2 is 1.83 bits per heavy atom. The van der Waals surface area contributed by atoms with Crippen LogP contribution in [0.4, 0.5) is 4.79 Å². The van der Waals surface area contributed by atoms with Crippen molar-refractivity contribution in [1.82, 2.24) is 14.7 Å². The van der Waals surface area contributed by atoms with Crippen molar-refractivity contribution in [2.24, 2.45) is 0 Å². The third-order valence-corrected chi connectivity index (χ3v) is 4.54. The quantitative estimate of drug-likeness (QED) is 0.837. The van der Waals surface area contributed by atoms with Gasteiger partial charge in [0.05, 0.1) is 7.11 Å². The number of carbonyl (C=O) groups excluding carboxylic acids is 1. The van der Waals surface area contributed by atoms with E-state index in [-0.39, 0.29) is 6.03 Å². The highest BCUT2D eigenvalue weighted by atomic mass is 16.5. The molecule has 0 aromatic heterocycles. The number of amides is 2. The first-order valence-electron chi connectivity index (χ1n) is 8.48. The smallest absolute Gasteiger partial charge is 0.320 e. The van der Waals surface area contributed by atoms with E-state index in [1.807, 2.05) is 29.7 Å². The minimum absolute atomic E-state index is 0.176. The molecule has 0 radical (unpaired) electrons. The van der Waals surface area contributed by atoms with E-state index < -0.39 is 0 Å². The average molecular weight is 319 g/mol. The monoisotopic (exact) mass is 319 g/mol. The fourth-order valence-electron chi connectivity index (χ4n) is 3.09. The zero-order chi connectivity index (χ0) is 16.8. The molecular weight excluding hydrogens is 290 g/mol. The number of carbonyl (C=O) groups is 1. The summed E-state index contributed by atoms with van der Waals surface area (Å²) in [6, 6.07) is 6.52. The van der Waals surface area contributed by atoms with Crippen LogP contribution in [0.1, 0.15) is 25.0 Å². The second-order valence-electron chi connectivity index (χ2n) is 6.02. The number of rotatable bonds is 5. The van der Waals surface area contributed by atoms with Crippen molar-refractivity contribution in [3.63, 3.8) is 0 Å². The molecule has 5 nitrogen and oxygen atoms in total. The summed E-state index contributed by atoms with van der Waals surface area (Å²) in [5.74, 6) is 0.934. The topological polar surface area (TPSA) is 36.0 Å². The van der Waals surface area contributed by atoms with Gasteiger partial charge in [-0.05, 0) is 38.0 Å². The van der Waals surface area contributed by atoms with E-state index >= 15 is 0 Å². The Labute approximate surface area is 139 Å². The van der Waals surface area contributed by atoms with Gasteiger partial charge in [0.25, 0.3) is 0 Å². The Hall–Kier alpha value is -1.75. The van der Waals surface area contributed by atoms with Crippen LogP contribution in [-0.2, 0) is 6.54 Å². The Kier molecular flexibility index (Phi) is 6.28. The molecule has 0 aliphatic carbocycles. The molecule has 0 bridgehead atoms. The average Bonchev–Trinajstić information content (AvgIpc) is 2.57. The molecule has 1 saturated heterocycles. The third-order valence-electron chi connectivity index (χ3n) is 4.54. The Morgan fingerprint density at radius 1 is 1.17 bits per heavy atom. The third kappa shape index (κ3) is 4.38. The van der Waals surface area contributed by atoms with E-state index in [4.69, 9.17) is 4.74 Å². The van der Waals surface area contributed by atoms with Gasteiger partial charge in [0, 0.05) is 45.8 Å². The number of urea groups is 1. The van der Waals surface area contributed by atoms with Crippen LogP contribution < -0.4 is 4.74 Å². The zero-order valence-electron chi connectivity index (χ0n) is 14.8. The highest BCUT2D eigenvalue weighted by Crippen LogP contribution is 2.20. The fourth-order valence-corrected chi connectivity index (χ4v) is 3.09. The minimum Gasteiger partial charge on any atom is -0.496 e. The van der Waals surface area contributed by atoms with Crippen molar-refractivity contribution >= 4 is 6.03 Å². The van der Waals surface area contributed by atoms with Gasteiger partial charge < -0.3 is 14.5 Å². The van der Waals surface area contributed by atoms with Crippen LogP contribution in [0, 0.1) is 6.92 Å². The Morgan fingerprint density at radius 3 is 2.35 bits per heavy atom. The van der Waals surface area contributed by atoms with E-state index in [1.165, 1.54) is 11.1 Å². The van der Waals surface area contributed by atoms with Gasteiger partial charge in [0.1, 0.15) is 5.75 Å². The molecule has 23 heavy (non-hydrogen) atoms. The molecule has 0 atom stereocenters. The number of methoxy groups -OCH3 is 1. The zero-order valence-corrected chi connectivity index (χ0v) is 14.8. The van der Waals surface area contributed by atoms with Crippen LogP contribution in [-0.4, -0.2) is 67.1 Å². The lowest BCUT2D eigenvalue weighted by Crippen LogP contribution is -2.52. The molecule has 0 N–H and O–H groups in total. The maximum atomic E-state index is 12.4. The predicted molar refractivity (Wildman–Crippen MR) is 92.9 cm³/mol. The summed E-state index contributed by atoms with van der Waals surface area (Å²) >= 11 is 0. The lowest BCUT2D eigenvalue weighted by Gasteiger charge is -2.37. The van der Waals surface area contributed by atoms with Gasteiger partial charge in [-0.15, -0.1) is 0 Å². The highest BCUT2D eigenvalue weighted by Gasteiger charge is 2.23. The molecule has 1 aliphatic heterocycles. The van der Waals surface area contributed by atoms with Gasteiger partial charge >= 0.3 is 6.03 Å². The van der Waals surface area contributed by atoms with Gasteiger partial charge in [-0.3, -0.25) is 4.90 Å². The molecule has 128 valence electrons. The normalized spacial score (nSPS) is 15.6. The molecule has 0 unspecified atom stereocenters. The summed E-state index contributed by atoms with van der Waals surface area (Å²) in [5, 5.41) is 0. The summed E-state index contributed by atoms with van der Waals surface area (Å²) < 4.78 is 5.31. The molecule has 1 aromatic carbocycles. The van der Waals surface area contributed by atoms with Gasteiger partial charge in [0.15, 0.2) is 0 Å². The SMILES string of the molecule is CCN(CC)C(=O)N1CCN(Cc2ccc(OC)c(C)c2)CC1. The summed E-state index contributed by atoms with van der Waals surface area (Å²) in [6.45, 7) is 12.1. The number of hydrogen-bond acceptors (Lipinski definition) is 3. The van der Waals surface area contributed by atoms with Crippen molar-refractivity contribution in [3.05, 3.63) is 29.3 Å². The second kappa shape index (κ2) is 8.20. The maximum absolute atomic E-state index is 12.4. The van der Waals surface area contributed by atoms with Crippen LogP contribution in [0.25, 0.3) is 0 Å². The van der Waals surface area contributed by atoms with Crippen LogP contribution in [0.15, 0.2) is 18.2 Å². The van der Waals surface area contributed by atoms with Crippen molar-refractivity contribution in [1.29, 1.82) is 0 Å². The lowest BCUT2D eigenvalue weighted by atomic mass is 10.1. The first-order valence-corrected chi connectivity index (χ1v) is 8.48. The van der Waals surface area contributed by atoms with E-state index in [1.54, 1.807) is 7.11 Å². The maximum Gasteiger partial charge on any atom is 0.320 e. The van der Waals surface area contributed by atoms with Gasteiger partial charge in [0.2, 0.25) is 0 Å². The van der Waals surface area contributed by atoms with Crippen molar-refractivity contribution < 1.29 is 9.53 Å². The van der Waals surface area contributed by atoms with Crippen molar-refractivity contribution in [3.8, 4) is 5.75 Å². The lowest BCUT2D eigenvalue weighted by molar-refractivity contribution is 0.112. The summed E-state index contributed by atoms with van der Waals surface area (Å²) in [6.07, 6.45) is 0. The minimum atomic E-state index is 0.176. The Bertz CT molecular complexity index is 521. The summed E-state index contributed by atoms with van der Waals surface area (Å²) in [7, 11) is 1.70. The highest BCUT2D eigenvalue weighted by molar-refractivity contribution is 5.74.